The topological polar surface area (TPSA) is 58.4 Å². The Morgan fingerprint density at radius 3 is 2.74 bits per heavy atom. The van der Waals surface area contributed by atoms with Crippen molar-refractivity contribution < 1.29 is 9.90 Å². The highest BCUT2D eigenvalue weighted by Gasteiger charge is 2.37. The molecule has 0 aliphatic heterocycles. The molecule has 5 nitrogen and oxygen atoms in total. The summed E-state index contributed by atoms with van der Waals surface area (Å²) in [4.78, 5) is 13.4. The van der Waals surface area contributed by atoms with E-state index < -0.39 is 5.97 Å². The first-order chi connectivity index (χ1) is 9.12. The van der Waals surface area contributed by atoms with E-state index in [2.05, 4.69) is 17.0 Å². The van der Waals surface area contributed by atoms with Crippen LogP contribution >= 0.6 is 0 Å². The van der Waals surface area contributed by atoms with Gasteiger partial charge in [-0.3, -0.25) is 14.4 Å². The molecule has 0 aromatic carbocycles. The fourth-order valence-corrected chi connectivity index (χ4v) is 3.11. The van der Waals surface area contributed by atoms with Gasteiger partial charge in [0.25, 0.3) is 0 Å². The number of aromatic nitrogens is 2. The van der Waals surface area contributed by atoms with Crippen LogP contribution in [-0.2, 0) is 11.3 Å². The highest BCUT2D eigenvalue weighted by atomic mass is 16.4. The van der Waals surface area contributed by atoms with E-state index in [9.17, 15) is 9.90 Å². The zero-order valence-corrected chi connectivity index (χ0v) is 11.6. The Labute approximate surface area is 114 Å². The number of hydrogen-bond donors (Lipinski definition) is 1. The van der Waals surface area contributed by atoms with Gasteiger partial charge in [0.1, 0.15) is 0 Å². The molecule has 0 unspecified atom stereocenters. The van der Waals surface area contributed by atoms with Crippen molar-refractivity contribution in [2.75, 3.05) is 13.6 Å². The molecule has 0 amide bonds. The molecule has 1 saturated carbocycles. The minimum Gasteiger partial charge on any atom is -0.481 e. The summed E-state index contributed by atoms with van der Waals surface area (Å²) in [6.45, 7) is 1.65. The van der Waals surface area contributed by atoms with Crippen LogP contribution in [0.4, 0.5) is 0 Å². The maximum absolute atomic E-state index is 11.2. The average Bonchev–Trinajstić information content (AvgIpc) is 2.89. The lowest BCUT2D eigenvalue weighted by Gasteiger charge is -2.44. The van der Waals surface area contributed by atoms with Crippen molar-refractivity contribution in [1.29, 1.82) is 0 Å². The maximum atomic E-state index is 11.2. The number of hydrogen-bond acceptors (Lipinski definition) is 3. The number of nitrogens with zero attached hydrogens (tertiary/aromatic N) is 3. The molecule has 1 aliphatic rings. The molecule has 2 rings (SSSR count). The predicted molar refractivity (Wildman–Crippen MR) is 72.9 cm³/mol. The summed E-state index contributed by atoms with van der Waals surface area (Å²) in [6, 6.07) is 1.91. The van der Waals surface area contributed by atoms with Gasteiger partial charge in [0, 0.05) is 24.5 Å². The fraction of sp³-hybridized carbons (Fsp3) is 0.714. The molecule has 1 aliphatic carbocycles. The van der Waals surface area contributed by atoms with Crippen LogP contribution < -0.4 is 0 Å². The summed E-state index contributed by atoms with van der Waals surface area (Å²) in [5.74, 6) is -0.687. The predicted octanol–water partition coefficient (Wildman–Crippen LogP) is 1.99. The molecule has 0 atom stereocenters. The third kappa shape index (κ3) is 3.56. The van der Waals surface area contributed by atoms with Gasteiger partial charge in [-0.2, -0.15) is 5.10 Å². The summed E-state index contributed by atoms with van der Waals surface area (Å²) in [6.07, 6.45) is 9.46. The zero-order chi connectivity index (χ0) is 13.7. The van der Waals surface area contributed by atoms with E-state index in [1.165, 1.54) is 6.42 Å². The summed E-state index contributed by atoms with van der Waals surface area (Å²) in [7, 11) is 2.05. The van der Waals surface area contributed by atoms with Crippen molar-refractivity contribution in [3.05, 3.63) is 18.5 Å². The third-order valence-electron chi connectivity index (χ3n) is 4.30. The Hall–Kier alpha value is -1.36. The second-order valence-corrected chi connectivity index (χ2v) is 5.55. The number of carboxylic acids is 1. The average molecular weight is 265 g/mol. The lowest BCUT2D eigenvalue weighted by Crippen LogP contribution is -2.50. The van der Waals surface area contributed by atoms with Gasteiger partial charge in [-0.25, -0.2) is 0 Å². The first-order valence-electron chi connectivity index (χ1n) is 7.03. The number of carboxylic acid groups (broad SMARTS) is 1. The molecule has 1 aromatic heterocycles. The smallest absolute Gasteiger partial charge is 0.305 e. The molecule has 1 heterocycles. The minimum atomic E-state index is -0.687. The van der Waals surface area contributed by atoms with Crippen LogP contribution in [0.1, 0.15) is 38.5 Å². The lowest BCUT2D eigenvalue weighted by atomic mass is 9.78. The normalized spacial score (nSPS) is 18.6. The maximum Gasteiger partial charge on any atom is 0.305 e. The van der Waals surface area contributed by atoms with Crippen LogP contribution in [0, 0.1) is 0 Å². The number of carbonyl (C=O) groups is 1. The summed E-state index contributed by atoms with van der Waals surface area (Å²) in [5.41, 5.74) is -0.156. The summed E-state index contributed by atoms with van der Waals surface area (Å²) in [5, 5.41) is 13.4. The van der Waals surface area contributed by atoms with Crippen molar-refractivity contribution in [3.8, 4) is 0 Å². The third-order valence-corrected chi connectivity index (χ3v) is 4.30. The van der Waals surface area contributed by atoms with Gasteiger partial charge in [-0.05, 0) is 26.0 Å². The van der Waals surface area contributed by atoms with Crippen LogP contribution in [0.25, 0.3) is 0 Å². The van der Waals surface area contributed by atoms with E-state index in [1.54, 1.807) is 6.20 Å². The molecule has 1 aromatic rings. The van der Waals surface area contributed by atoms with Crippen molar-refractivity contribution >= 4 is 5.97 Å². The van der Waals surface area contributed by atoms with Crippen molar-refractivity contribution in [1.82, 2.24) is 14.7 Å². The van der Waals surface area contributed by atoms with Crippen LogP contribution in [0.2, 0.25) is 0 Å². The first-order valence-corrected chi connectivity index (χ1v) is 7.03. The highest BCUT2D eigenvalue weighted by Crippen LogP contribution is 2.35. The zero-order valence-electron chi connectivity index (χ0n) is 11.6. The summed E-state index contributed by atoms with van der Waals surface area (Å²) >= 11 is 0. The van der Waals surface area contributed by atoms with Crippen LogP contribution in [0.15, 0.2) is 18.5 Å². The molecule has 0 spiro atoms. The van der Waals surface area contributed by atoms with E-state index in [0.717, 1.165) is 38.8 Å². The second-order valence-electron chi connectivity index (χ2n) is 5.55. The van der Waals surface area contributed by atoms with Gasteiger partial charge in [-0.15, -0.1) is 0 Å². The van der Waals surface area contributed by atoms with E-state index in [4.69, 9.17) is 0 Å². The molecular formula is C14H23N3O2. The Kier molecular flexibility index (Phi) is 4.58. The van der Waals surface area contributed by atoms with Gasteiger partial charge in [0.15, 0.2) is 0 Å². The van der Waals surface area contributed by atoms with Crippen molar-refractivity contribution in [3.63, 3.8) is 0 Å². The van der Waals surface area contributed by atoms with Crippen LogP contribution in [0.5, 0.6) is 0 Å². The Bertz CT molecular complexity index is 397. The molecule has 106 valence electrons. The first kappa shape index (κ1) is 14.1. The quantitative estimate of drug-likeness (QED) is 0.854. The van der Waals surface area contributed by atoms with Crippen LogP contribution in [0.3, 0.4) is 0 Å². The highest BCUT2D eigenvalue weighted by molar-refractivity contribution is 5.68. The van der Waals surface area contributed by atoms with E-state index in [1.807, 2.05) is 16.9 Å². The van der Waals surface area contributed by atoms with Gasteiger partial charge in [0.05, 0.1) is 13.0 Å². The van der Waals surface area contributed by atoms with Crippen LogP contribution in [-0.4, -0.2) is 44.9 Å². The molecule has 0 radical (unpaired) electrons. The molecule has 0 saturated heterocycles. The number of aliphatic carboxylic acids is 1. The van der Waals surface area contributed by atoms with E-state index >= 15 is 0 Å². The van der Waals surface area contributed by atoms with Gasteiger partial charge in [0.2, 0.25) is 0 Å². The SMILES string of the molecule is CN(CCn1cccn1)C1(CC(=O)O)CCCCC1. The molecular weight excluding hydrogens is 242 g/mol. The van der Waals surface area contributed by atoms with Crippen molar-refractivity contribution in [2.24, 2.45) is 0 Å². The Morgan fingerprint density at radius 1 is 1.42 bits per heavy atom. The van der Waals surface area contributed by atoms with Gasteiger partial charge in [-0.1, -0.05) is 19.3 Å². The van der Waals surface area contributed by atoms with Gasteiger partial charge >= 0.3 is 5.97 Å². The molecule has 5 heteroatoms. The minimum absolute atomic E-state index is 0.156. The molecule has 1 fully saturated rings. The number of likely N-dealkylation sites (N-methyl/N-ethyl adjacent to an activating group) is 1. The number of rotatable bonds is 6. The summed E-state index contributed by atoms with van der Waals surface area (Å²) < 4.78 is 1.90. The molecule has 1 N–H and O–H groups in total. The molecule has 19 heavy (non-hydrogen) atoms. The lowest BCUT2D eigenvalue weighted by molar-refractivity contribution is -0.141. The fourth-order valence-electron chi connectivity index (χ4n) is 3.11. The monoisotopic (exact) mass is 265 g/mol. The van der Waals surface area contributed by atoms with Gasteiger partial charge < -0.3 is 5.11 Å². The van der Waals surface area contributed by atoms with E-state index in [-0.39, 0.29) is 12.0 Å². The Morgan fingerprint density at radius 2 is 2.16 bits per heavy atom. The standard InChI is InChI=1S/C14H23N3O2/c1-16(10-11-17-9-5-8-15-17)14(12-13(18)19)6-3-2-4-7-14/h5,8-9H,2-4,6-7,10-12H2,1H3,(H,18,19). The molecule has 0 bridgehead atoms. The van der Waals surface area contributed by atoms with E-state index in [0.29, 0.717) is 0 Å². The van der Waals surface area contributed by atoms with Crippen molar-refractivity contribution in [2.45, 2.75) is 50.6 Å². The largest absolute Gasteiger partial charge is 0.481 e. The Balaban J connectivity index is 1.98. The second kappa shape index (κ2) is 6.19.